The second-order valence-electron chi connectivity index (χ2n) is 21.9. The van der Waals surface area contributed by atoms with Crippen molar-refractivity contribution in [3.05, 3.63) is 194 Å². The number of pyridine rings is 2. The highest BCUT2D eigenvalue weighted by Gasteiger charge is 2.59. The van der Waals surface area contributed by atoms with E-state index >= 15 is 0 Å². The topological polar surface area (TPSA) is 32.3 Å². The SMILES string of the molecule is CC12CCCCC1(C)N(c1ccncc1)c1ccc(-c3cc(-c4ccccc4)c4ccc5c(-c6ccc7c(c6)C6(C)CCCCC6(C)N7c6ccncc6)cc(-c6ccccc6)c6ccc3c4c65)cc12. The highest BCUT2D eigenvalue weighted by atomic mass is 15.3. The van der Waals surface area contributed by atoms with Gasteiger partial charge in [0, 0.05) is 58.4 Å². The molecule has 2 aromatic heterocycles. The van der Waals surface area contributed by atoms with Gasteiger partial charge in [-0.25, -0.2) is 0 Å². The summed E-state index contributed by atoms with van der Waals surface area (Å²) < 4.78 is 0. The Bertz CT molecular complexity index is 3440. The fraction of sp³-hybridized carbons (Fsp3) is 0.242. The number of rotatable bonds is 6. The fourth-order valence-corrected chi connectivity index (χ4v) is 14.8. The molecule has 0 saturated heterocycles. The van der Waals surface area contributed by atoms with Crippen molar-refractivity contribution < 1.29 is 0 Å². The summed E-state index contributed by atoms with van der Waals surface area (Å²) >= 11 is 0. The molecule has 0 spiro atoms. The highest BCUT2D eigenvalue weighted by molar-refractivity contribution is 6.32. The van der Waals surface area contributed by atoms with E-state index in [-0.39, 0.29) is 21.9 Å². The maximum atomic E-state index is 4.43. The van der Waals surface area contributed by atoms with Crippen molar-refractivity contribution in [2.45, 2.75) is 101 Å². The molecule has 2 saturated carbocycles. The van der Waals surface area contributed by atoms with Crippen LogP contribution in [0.4, 0.5) is 22.7 Å². The Labute approximate surface area is 412 Å². The number of nitrogens with zero attached hydrogens (tertiary/aromatic N) is 4. The van der Waals surface area contributed by atoms with Gasteiger partial charge in [0.2, 0.25) is 0 Å². The van der Waals surface area contributed by atoms with Gasteiger partial charge in [-0.2, -0.15) is 0 Å². The first kappa shape index (κ1) is 41.7. The van der Waals surface area contributed by atoms with Crippen LogP contribution in [-0.2, 0) is 10.8 Å². The summed E-state index contributed by atoms with van der Waals surface area (Å²) in [5.41, 5.74) is 18.1. The van der Waals surface area contributed by atoms with Crippen molar-refractivity contribution in [2.75, 3.05) is 9.80 Å². The van der Waals surface area contributed by atoms with E-state index in [1.807, 2.05) is 24.8 Å². The van der Waals surface area contributed by atoms with Crippen molar-refractivity contribution in [1.29, 1.82) is 0 Å². The maximum Gasteiger partial charge on any atom is 0.0517 e. The molecule has 4 atom stereocenters. The van der Waals surface area contributed by atoms with Crippen LogP contribution in [0.1, 0.15) is 90.2 Å². The van der Waals surface area contributed by atoms with Crippen LogP contribution in [0.3, 0.4) is 0 Å². The average Bonchev–Trinajstić information content (AvgIpc) is 3.75. The van der Waals surface area contributed by atoms with Crippen LogP contribution in [0.15, 0.2) is 183 Å². The second kappa shape index (κ2) is 15.1. The monoisotopic (exact) mass is 906 g/mol. The van der Waals surface area contributed by atoms with Gasteiger partial charge in [0.1, 0.15) is 0 Å². The molecule has 0 N–H and O–H groups in total. The molecule has 4 heteroatoms. The van der Waals surface area contributed by atoms with Crippen molar-refractivity contribution in [2.24, 2.45) is 0 Å². The Morgan fingerprint density at radius 2 is 0.714 bits per heavy atom. The standard InChI is InChI=1S/C66H58N4/c1-63-31-11-13-33-65(63,3)69(47-27-35-67-36-28-47)59-25-19-45(39-57(59)63)55-41-53(43-15-7-5-8-16-43)49-22-24-52-56(42-54(44-17-9-6-10-18-44)50-21-23-51(55)61(49)62(50)52)46-20-26-60-58(40-46)64(2)32-12-14-34-66(64,4)70(60)48-29-37-68-38-30-48/h5-10,15-30,35-42H,11-14,31-34H2,1-4H3. The Morgan fingerprint density at radius 3 is 1.10 bits per heavy atom. The van der Waals surface area contributed by atoms with E-state index in [0.717, 1.165) is 12.8 Å². The lowest BCUT2D eigenvalue weighted by Crippen LogP contribution is -2.54. The van der Waals surface area contributed by atoms with Gasteiger partial charge < -0.3 is 9.80 Å². The first-order valence-electron chi connectivity index (χ1n) is 25.8. The van der Waals surface area contributed by atoms with E-state index in [1.54, 1.807) is 0 Å². The van der Waals surface area contributed by atoms with Crippen LogP contribution in [0.25, 0.3) is 76.8 Å². The molecule has 70 heavy (non-hydrogen) atoms. The molecular weight excluding hydrogens is 849 g/mol. The molecule has 10 aromatic rings. The molecule has 0 radical (unpaired) electrons. The number of fused-ring (bicyclic) bond motifs is 6. The Hall–Kier alpha value is -7.30. The molecular formula is C66H58N4. The minimum atomic E-state index is -0.0441. The lowest BCUT2D eigenvalue weighted by atomic mass is 9.61. The van der Waals surface area contributed by atoms with Crippen molar-refractivity contribution in [3.63, 3.8) is 0 Å². The molecule has 2 aliphatic heterocycles. The van der Waals surface area contributed by atoms with Crippen LogP contribution >= 0.6 is 0 Å². The van der Waals surface area contributed by atoms with E-state index in [1.165, 1.54) is 149 Å². The van der Waals surface area contributed by atoms with E-state index in [2.05, 4.69) is 205 Å². The number of aromatic nitrogens is 2. The number of benzene rings is 8. The minimum absolute atomic E-state index is 0.0112. The molecule has 342 valence electrons. The molecule has 0 amide bonds. The zero-order chi connectivity index (χ0) is 47.0. The summed E-state index contributed by atoms with van der Waals surface area (Å²) in [5, 5.41) is 7.88. The van der Waals surface area contributed by atoms with Crippen LogP contribution in [-0.4, -0.2) is 21.0 Å². The molecule has 8 aromatic carbocycles. The third kappa shape index (κ3) is 5.59. The molecule has 0 bridgehead atoms. The number of hydrogen-bond acceptors (Lipinski definition) is 4. The average molecular weight is 907 g/mol. The summed E-state index contributed by atoms with van der Waals surface area (Å²) in [6.07, 6.45) is 17.4. The quantitative estimate of drug-likeness (QED) is 0.156. The van der Waals surface area contributed by atoms with E-state index in [4.69, 9.17) is 0 Å². The lowest BCUT2D eigenvalue weighted by molar-refractivity contribution is 0.195. The zero-order valence-electron chi connectivity index (χ0n) is 40.8. The summed E-state index contributed by atoms with van der Waals surface area (Å²) in [5.74, 6) is 0. The number of hydrogen-bond donors (Lipinski definition) is 0. The Morgan fingerprint density at radius 1 is 0.357 bits per heavy atom. The van der Waals surface area contributed by atoms with Gasteiger partial charge in [0.05, 0.1) is 11.1 Å². The van der Waals surface area contributed by atoms with Crippen molar-refractivity contribution >= 4 is 55.1 Å². The third-order valence-corrected chi connectivity index (χ3v) is 18.7. The Kier molecular flexibility index (Phi) is 8.99. The predicted molar refractivity (Wildman–Crippen MR) is 293 cm³/mol. The van der Waals surface area contributed by atoms with Gasteiger partial charge >= 0.3 is 0 Å². The summed E-state index contributed by atoms with van der Waals surface area (Å²) in [6, 6.07) is 60.6. The van der Waals surface area contributed by atoms with Gasteiger partial charge in [-0.05, 0) is 188 Å². The van der Waals surface area contributed by atoms with Gasteiger partial charge in [-0.15, -0.1) is 0 Å². The molecule has 2 fully saturated rings. The van der Waals surface area contributed by atoms with Crippen LogP contribution in [0.2, 0.25) is 0 Å². The first-order chi connectivity index (χ1) is 34.2. The third-order valence-electron chi connectivity index (χ3n) is 18.7. The van der Waals surface area contributed by atoms with E-state index in [0.29, 0.717) is 0 Å². The molecule has 14 rings (SSSR count). The molecule has 4 nitrogen and oxygen atoms in total. The Balaban J connectivity index is 1.04. The molecule has 4 unspecified atom stereocenters. The summed E-state index contributed by atoms with van der Waals surface area (Å²) in [6.45, 7) is 10.1. The minimum Gasteiger partial charge on any atom is -0.334 e. The second-order valence-corrected chi connectivity index (χ2v) is 21.9. The maximum absolute atomic E-state index is 4.43. The summed E-state index contributed by atoms with van der Waals surface area (Å²) in [7, 11) is 0. The summed E-state index contributed by atoms with van der Waals surface area (Å²) in [4.78, 5) is 14.2. The van der Waals surface area contributed by atoms with E-state index in [9.17, 15) is 0 Å². The zero-order valence-corrected chi connectivity index (χ0v) is 40.8. The van der Waals surface area contributed by atoms with Crippen molar-refractivity contribution in [3.8, 4) is 44.5 Å². The largest absolute Gasteiger partial charge is 0.334 e. The van der Waals surface area contributed by atoms with Gasteiger partial charge in [-0.3, -0.25) is 9.97 Å². The van der Waals surface area contributed by atoms with E-state index < -0.39 is 0 Å². The van der Waals surface area contributed by atoms with Gasteiger partial charge in [-0.1, -0.05) is 137 Å². The van der Waals surface area contributed by atoms with Crippen LogP contribution in [0.5, 0.6) is 0 Å². The van der Waals surface area contributed by atoms with Crippen molar-refractivity contribution in [1.82, 2.24) is 9.97 Å². The van der Waals surface area contributed by atoms with Crippen LogP contribution < -0.4 is 9.80 Å². The smallest absolute Gasteiger partial charge is 0.0517 e. The predicted octanol–water partition coefficient (Wildman–Crippen LogP) is 17.5. The van der Waals surface area contributed by atoms with Crippen LogP contribution in [0, 0.1) is 0 Å². The molecule has 4 aliphatic rings. The van der Waals surface area contributed by atoms with Gasteiger partial charge in [0.25, 0.3) is 0 Å². The highest BCUT2D eigenvalue weighted by Crippen LogP contribution is 2.63. The molecule has 2 aliphatic carbocycles. The first-order valence-corrected chi connectivity index (χ1v) is 25.8. The molecule has 4 heterocycles. The lowest BCUT2D eigenvalue weighted by Gasteiger charge is -2.50. The fourth-order valence-electron chi connectivity index (χ4n) is 14.8. The van der Waals surface area contributed by atoms with Gasteiger partial charge in [0.15, 0.2) is 0 Å². The normalized spacial score (nSPS) is 23.7. The number of anilines is 4.